The van der Waals surface area contributed by atoms with E-state index in [2.05, 4.69) is 41.6 Å². The first-order valence-electron chi connectivity index (χ1n) is 8.11. The fraction of sp³-hybridized carbons (Fsp3) is 0.500. The molecule has 0 spiro atoms. The van der Waals surface area contributed by atoms with Gasteiger partial charge < -0.3 is 5.32 Å². The summed E-state index contributed by atoms with van der Waals surface area (Å²) in [5.74, 6) is 0. The lowest BCUT2D eigenvalue weighted by molar-refractivity contribution is 0.268. The Bertz CT molecular complexity index is 536. The van der Waals surface area contributed by atoms with Gasteiger partial charge in [-0.1, -0.05) is 31.9 Å². The number of rotatable bonds is 6. The van der Waals surface area contributed by atoms with Crippen molar-refractivity contribution in [1.29, 1.82) is 0 Å². The van der Waals surface area contributed by atoms with E-state index in [1.54, 1.807) is 6.20 Å². The lowest BCUT2D eigenvalue weighted by Gasteiger charge is -2.27. The highest BCUT2D eigenvalue weighted by molar-refractivity contribution is 5.33. The van der Waals surface area contributed by atoms with Crippen LogP contribution in [0.25, 0.3) is 5.69 Å². The zero-order valence-electron chi connectivity index (χ0n) is 12.9. The molecule has 1 saturated carbocycles. The van der Waals surface area contributed by atoms with E-state index in [-0.39, 0.29) is 0 Å². The second kappa shape index (κ2) is 6.44. The maximum atomic E-state index is 4.25. The van der Waals surface area contributed by atoms with Crippen LogP contribution < -0.4 is 5.32 Å². The van der Waals surface area contributed by atoms with Crippen molar-refractivity contribution in [2.45, 2.75) is 45.6 Å². The SMILES string of the molecule is CCC1(CNCc2ccc(-n3cccn3)cc2)CCCC1. The molecule has 1 aromatic heterocycles. The van der Waals surface area contributed by atoms with Gasteiger partial charge in [-0.05, 0) is 48.4 Å². The second-order valence-corrected chi connectivity index (χ2v) is 6.28. The Morgan fingerprint density at radius 1 is 1.19 bits per heavy atom. The van der Waals surface area contributed by atoms with E-state index in [0.717, 1.165) is 18.8 Å². The molecule has 0 bridgehead atoms. The predicted octanol–water partition coefficient (Wildman–Crippen LogP) is 3.93. The number of hydrogen-bond donors (Lipinski definition) is 1. The van der Waals surface area contributed by atoms with Gasteiger partial charge in [0, 0.05) is 25.5 Å². The van der Waals surface area contributed by atoms with Gasteiger partial charge >= 0.3 is 0 Å². The molecular formula is C18H25N3. The number of nitrogens with zero attached hydrogens (tertiary/aromatic N) is 2. The fourth-order valence-corrected chi connectivity index (χ4v) is 3.44. The van der Waals surface area contributed by atoms with E-state index >= 15 is 0 Å². The Hall–Kier alpha value is -1.61. The zero-order chi connectivity index (χ0) is 14.5. The molecule has 112 valence electrons. The lowest BCUT2D eigenvalue weighted by Crippen LogP contribution is -2.31. The first-order chi connectivity index (χ1) is 10.3. The molecule has 1 aliphatic rings. The standard InChI is InChI=1S/C18H25N3/c1-2-18(10-3-4-11-18)15-19-14-16-6-8-17(9-7-16)21-13-5-12-20-21/h5-9,12-13,19H,2-4,10-11,14-15H2,1H3. The van der Waals surface area contributed by atoms with Gasteiger partial charge in [-0.2, -0.15) is 5.10 Å². The number of nitrogens with one attached hydrogen (secondary N) is 1. The monoisotopic (exact) mass is 283 g/mol. The van der Waals surface area contributed by atoms with E-state index < -0.39 is 0 Å². The molecule has 1 heterocycles. The Morgan fingerprint density at radius 3 is 2.57 bits per heavy atom. The maximum absolute atomic E-state index is 4.25. The summed E-state index contributed by atoms with van der Waals surface area (Å²) in [6, 6.07) is 10.6. The molecule has 0 saturated heterocycles. The van der Waals surface area contributed by atoms with Gasteiger partial charge in [0.25, 0.3) is 0 Å². The van der Waals surface area contributed by atoms with Crippen LogP contribution in [0, 0.1) is 5.41 Å². The van der Waals surface area contributed by atoms with Crippen LogP contribution in [0.5, 0.6) is 0 Å². The maximum Gasteiger partial charge on any atom is 0.0645 e. The molecular weight excluding hydrogens is 258 g/mol. The normalized spacial score (nSPS) is 17.2. The molecule has 3 rings (SSSR count). The zero-order valence-corrected chi connectivity index (χ0v) is 12.9. The number of aromatic nitrogens is 2. The largest absolute Gasteiger partial charge is 0.312 e. The summed E-state index contributed by atoms with van der Waals surface area (Å²) < 4.78 is 1.89. The third kappa shape index (κ3) is 3.35. The summed E-state index contributed by atoms with van der Waals surface area (Å²) in [6.45, 7) is 4.46. The van der Waals surface area contributed by atoms with Gasteiger partial charge in [-0.15, -0.1) is 0 Å². The molecule has 0 aliphatic heterocycles. The summed E-state index contributed by atoms with van der Waals surface area (Å²) >= 11 is 0. The highest BCUT2D eigenvalue weighted by Crippen LogP contribution is 2.40. The van der Waals surface area contributed by atoms with E-state index in [9.17, 15) is 0 Å². The summed E-state index contributed by atoms with van der Waals surface area (Å²) in [6.07, 6.45) is 10.7. The third-order valence-electron chi connectivity index (χ3n) is 4.95. The van der Waals surface area contributed by atoms with Crippen LogP contribution in [0.3, 0.4) is 0 Å². The quantitative estimate of drug-likeness (QED) is 0.870. The molecule has 1 fully saturated rings. The average Bonchev–Trinajstić information content (AvgIpc) is 3.20. The Kier molecular flexibility index (Phi) is 4.39. The van der Waals surface area contributed by atoms with Crippen LogP contribution in [-0.2, 0) is 6.54 Å². The minimum Gasteiger partial charge on any atom is -0.312 e. The highest BCUT2D eigenvalue weighted by atomic mass is 15.3. The van der Waals surface area contributed by atoms with Crippen LogP contribution >= 0.6 is 0 Å². The first-order valence-corrected chi connectivity index (χ1v) is 8.11. The summed E-state index contributed by atoms with van der Waals surface area (Å²) in [5.41, 5.74) is 3.02. The van der Waals surface area contributed by atoms with Crippen LogP contribution in [0.15, 0.2) is 42.7 Å². The van der Waals surface area contributed by atoms with Crippen LogP contribution in [0.1, 0.15) is 44.6 Å². The molecule has 0 radical (unpaired) electrons. The van der Waals surface area contributed by atoms with E-state index in [0.29, 0.717) is 5.41 Å². The fourth-order valence-electron chi connectivity index (χ4n) is 3.44. The molecule has 1 aromatic carbocycles. The molecule has 3 heteroatoms. The lowest BCUT2D eigenvalue weighted by atomic mass is 9.83. The number of hydrogen-bond acceptors (Lipinski definition) is 2. The summed E-state index contributed by atoms with van der Waals surface area (Å²) in [5, 5.41) is 7.92. The topological polar surface area (TPSA) is 29.9 Å². The molecule has 0 atom stereocenters. The average molecular weight is 283 g/mol. The molecule has 0 amide bonds. The van der Waals surface area contributed by atoms with Gasteiger partial charge in [-0.3, -0.25) is 0 Å². The van der Waals surface area contributed by atoms with Crippen LogP contribution in [0.4, 0.5) is 0 Å². The smallest absolute Gasteiger partial charge is 0.0645 e. The van der Waals surface area contributed by atoms with Gasteiger partial charge in [-0.25, -0.2) is 4.68 Å². The first kappa shape index (κ1) is 14.3. The van der Waals surface area contributed by atoms with Crippen molar-refractivity contribution in [3.8, 4) is 5.69 Å². The van der Waals surface area contributed by atoms with Crippen LogP contribution in [-0.4, -0.2) is 16.3 Å². The van der Waals surface area contributed by atoms with Gasteiger partial charge in [0.15, 0.2) is 0 Å². The molecule has 1 N–H and O–H groups in total. The van der Waals surface area contributed by atoms with Gasteiger partial charge in [0.05, 0.1) is 5.69 Å². The molecule has 2 aromatic rings. The van der Waals surface area contributed by atoms with E-state index in [1.165, 1.54) is 37.7 Å². The second-order valence-electron chi connectivity index (χ2n) is 6.28. The van der Waals surface area contributed by atoms with Gasteiger partial charge in [0.1, 0.15) is 0 Å². The van der Waals surface area contributed by atoms with Crippen molar-refractivity contribution in [2.24, 2.45) is 5.41 Å². The van der Waals surface area contributed by atoms with Crippen molar-refractivity contribution in [3.63, 3.8) is 0 Å². The van der Waals surface area contributed by atoms with Gasteiger partial charge in [0.2, 0.25) is 0 Å². The summed E-state index contributed by atoms with van der Waals surface area (Å²) in [7, 11) is 0. The predicted molar refractivity (Wildman–Crippen MR) is 86.5 cm³/mol. The molecule has 1 aliphatic carbocycles. The van der Waals surface area contributed by atoms with Crippen molar-refractivity contribution >= 4 is 0 Å². The summed E-state index contributed by atoms with van der Waals surface area (Å²) in [4.78, 5) is 0. The third-order valence-corrected chi connectivity index (χ3v) is 4.95. The minimum absolute atomic E-state index is 0.564. The number of benzene rings is 1. The Morgan fingerprint density at radius 2 is 1.95 bits per heavy atom. The highest BCUT2D eigenvalue weighted by Gasteiger charge is 2.31. The van der Waals surface area contributed by atoms with E-state index in [4.69, 9.17) is 0 Å². The van der Waals surface area contributed by atoms with Crippen molar-refractivity contribution in [3.05, 3.63) is 48.3 Å². The van der Waals surface area contributed by atoms with Crippen molar-refractivity contribution in [2.75, 3.05) is 6.54 Å². The van der Waals surface area contributed by atoms with E-state index in [1.807, 2.05) is 16.9 Å². The Balaban J connectivity index is 1.54. The van der Waals surface area contributed by atoms with Crippen molar-refractivity contribution < 1.29 is 0 Å². The van der Waals surface area contributed by atoms with Crippen LogP contribution in [0.2, 0.25) is 0 Å². The van der Waals surface area contributed by atoms with Crippen molar-refractivity contribution in [1.82, 2.24) is 15.1 Å². The molecule has 0 unspecified atom stereocenters. The molecule has 3 nitrogen and oxygen atoms in total. The Labute approximate surface area is 127 Å². The minimum atomic E-state index is 0.564. The molecule has 21 heavy (non-hydrogen) atoms.